The highest BCUT2D eigenvalue weighted by Crippen LogP contribution is 2.23. The van der Waals surface area contributed by atoms with Crippen LogP contribution < -0.4 is 5.73 Å². The Bertz CT molecular complexity index is 599. The Kier molecular flexibility index (Phi) is 5.71. The van der Waals surface area contributed by atoms with E-state index in [9.17, 15) is 0 Å². The van der Waals surface area contributed by atoms with Crippen molar-refractivity contribution in [3.8, 4) is 0 Å². The fourth-order valence-electron chi connectivity index (χ4n) is 3.34. The number of nitrogens with two attached hydrogens (primary N) is 1. The van der Waals surface area contributed by atoms with Gasteiger partial charge in [0.05, 0.1) is 0 Å². The molecule has 23 heavy (non-hydrogen) atoms. The van der Waals surface area contributed by atoms with Gasteiger partial charge < -0.3 is 5.73 Å². The van der Waals surface area contributed by atoms with Gasteiger partial charge in [-0.3, -0.25) is 4.90 Å². The number of hydrogen-bond donors (Lipinski definition) is 1. The molecule has 0 aromatic heterocycles. The summed E-state index contributed by atoms with van der Waals surface area (Å²) < 4.78 is 0. The summed E-state index contributed by atoms with van der Waals surface area (Å²) in [5.41, 5.74) is 9.65. The third kappa shape index (κ3) is 4.81. The Morgan fingerprint density at radius 1 is 0.870 bits per heavy atom. The second kappa shape index (κ2) is 7.96. The lowest BCUT2D eigenvalue weighted by molar-refractivity contribution is 0.177. The summed E-state index contributed by atoms with van der Waals surface area (Å²) in [6.45, 7) is 4.06. The van der Waals surface area contributed by atoms with E-state index in [4.69, 9.17) is 17.3 Å². The molecule has 0 unspecified atom stereocenters. The average Bonchev–Trinajstić information content (AvgIpc) is 2.59. The van der Waals surface area contributed by atoms with Gasteiger partial charge in [-0.15, -0.1) is 0 Å². The van der Waals surface area contributed by atoms with Gasteiger partial charge in [-0.05, 0) is 67.1 Å². The van der Waals surface area contributed by atoms with Crippen LogP contribution in [0.3, 0.4) is 0 Å². The van der Waals surface area contributed by atoms with Crippen molar-refractivity contribution in [2.75, 3.05) is 13.1 Å². The van der Waals surface area contributed by atoms with E-state index in [1.54, 1.807) is 0 Å². The summed E-state index contributed by atoms with van der Waals surface area (Å²) >= 11 is 5.96. The summed E-state index contributed by atoms with van der Waals surface area (Å²) in [5, 5.41) is 0.823. The van der Waals surface area contributed by atoms with Crippen LogP contribution >= 0.6 is 11.6 Å². The molecule has 2 aromatic carbocycles. The predicted octanol–water partition coefficient (Wildman–Crippen LogP) is 4.25. The molecule has 0 bridgehead atoms. The van der Waals surface area contributed by atoms with Crippen molar-refractivity contribution in [2.45, 2.75) is 32.4 Å². The zero-order chi connectivity index (χ0) is 16.1. The maximum Gasteiger partial charge on any atom is 0.0406 e. The van der Waals surface area contributed by atoms with Gasteiger partial charge in [0.15, 0.2) is 0 Å². The molecule has 1 aliphatic rings. The number of rotatable bonds is 5. The SMILES string of the molecule is NCc1ccc(CN2CCC(Cc3ccc(Cl)cc3)CC2)cc1. The van der Waals surface area contributed by atoms with Gasteiger partial charge in [0.2, 0.25) is 0 Å². The van der Waals surface area contributed by atoms with Gasteiger partial charge in [-0.1, -0.05) is 48.0 Å². The maximum absolute atomic E-state index is 5.96. The van der Waals surface area contributed by atoms with Crippen LogP contribution in [0.15, 0.2) is 48.5 Å². The third-order valence-corrected chi connectivity index (χ3v) is 5.06. The second-order valence-corrected chi connectivity index (χ2v) is 7.01. The van der Waals surface area contributed by atoms with E-state index in [1.165, 1.54) is 49.0 Å². The lowest BCUT2D eigenvalue weighted by Crippen LogP contribution is -2.33. The van der Waals surface area contributed by atoms with E-state index in [0.29, 0.717) is 6.54 Å². The molecule has 0 atom stereocenters. The molecule has 3 rings (SSSR count). The molecular weight excluding hydrogens is 304 g/mol. The Balaban J connectivity index is 1.47. The molecule has 3 heteroatoms. The molecule has 0 spiro atoms. The summed E-state index contributed by atoms with van der Waals surface area (Å²) in [4.78, 5) is 2.57. The number of nitrogens with zero attached hydrogens (tertiary/aromatic N) is 1. The Morgan fingerprint density at radius 2 is 1.43 bits per heavy atom. The minimum atomic E-state index is 0.621. The molecule has 0 aliphatic carbocycles. The minimum absolute atomic E-state index is 0.621. The maximum atomic E-state index is 5.96. The van der Waals surface area contributed by atoms with Crippen molar-refractivity contribution in [1.29, 1.82) is 0 Å². The van der Waals surface area contributed by atoms with E-state index < -0.39 is 0 Å². The summed E-state index contributed by atoms with van der Waals surface area (Å²) in [5.74, 6) is 0.798. The fourth-order valence-corrected chi connectivity index (χ4v) is 3.47. The van der Waals surface area contributed by atoms with Crippen molar-refractivity contribution in [1.82, 2.24) is 4.90 Å². The van der Waals surface area contributed by atoms with Crippen LogP contribution in [-0.4, -0.2) is 18.0 Å². The molecule has 2 N–H and O–H groups in total. The van der Waals surface area contributed by atoms with Crippen molar-refractivity contribution >= 4 is 11.6 Å². The summed E-state index contributed by atoms with van der Waals surface area (Å²) in [6.07, 6.45) is 3.74. The van der Waals surface area contributed by atoms with Crippen LogP contribution in [0.25, 0.3) is 0 Å². The standard InChI is InChI=1S/C20H25ClN2/c21-20-7-5-16(6-8-20)13-17-9-11-23(12-10-17)15-19-3-1-18(14-22)2-4-19/h1-8,17H,9-15,22H2. The van der Waals surface area contributed by atoms with Crippen LogP contribution in [0.2, 0.25) is 5.02 Å². The van der Waals surface area contributed by atoms with Gasteiger partial charge in [-0.2, -0.15) is 0 Å². The second-order valence-electron chi connectivity index (χ2n) is 6.57. The third-order valence-electron chi connectivity index (χ3n) is 4.81. The first-order chi connectivity index (χ1) is 11.2. The molecule has 1 fully saturated rings. The summed E-state index contributed by atoms with van der Waals surface area (Å²) in [7, 11) is 0. The number of hydrogen-bond acceptors (Lipinski definition) is 2. The zero-order valence-corrected chi connectivity index (χ0v) is 14.3. The Labute approximate surface area is 144 Å². The van der Waals surface area contributed by atoms with Crippen LogP contribution in [-0.2, 0) is 19.5 Å². The summed E-state index contributed by atoms with van der Waals surface area (Å²) in [6, 6.07) is 17.0. The molecule has 0 saturated carbocycles. The first-order valence-corrected chi connectivity index (χ1v) is 8.85. The molecule has 0 amide bonds. The highest BCUT2D eigenvalue weighted by atomic mass is 35.5. The number of halogens is 1. The lowest BCUT2D eigenvalue weighted by atomic mass is 9.90. The Hall–Kier alpha value is -1.35. The van der Waals surface area contributed by atoms with Crippen molar-refractivity contribution in [3.63, 3.8) is 0 Å². The van der Waals surface area contributed by atoms with E-state index in [0.717, 1.165) is 17.5 Å². The highest BCUT2D eigenvalue weighted by Gasteiger charge is 2.19. The largest absolute Gasteiger partial charge is 0.326 e. The molecule has 2 nitrogen and oxygen atoms in total. The lowest BCUT2D eigenvalue weighted by Gasteiger charge is -2.32. The van der Waals surface area contributed by atoms with Crippen molar-refractivity contribution in [2.24, 2.45) is 11.7 Å². The average molecular weight is 329 g/mol. The number of likely N-dealkylation sites (tertiary alicyclic amines) is 1. The van der Waals surface area contributed by atoms with E-state index in [-0.39, 0.29) is 0 Å². The number of benzene rings is 2. The normalized spacial score (nSPS) is 16.6. The van der Waals surface area contributed by atoms with Gasteiger partial charge in [0.1, 0.15) is 0 Å². The number of piperidine rings is 1. The van der Waals surface area contributed by atoms with Crippen LogP contribution in [0.4, 0.5) is 0 Å². The van der Waals surface area contributed by atoms with Crippen molar-refractivity contribution < 1.29 is 0 Å². The van der Waals surface area contributed by atoms with Crippen LogP contribution in [0.5, 0.6) is 0 Å². The molecule has 1 aliphatic heterocycles. The fraction of sp³-hybridized carbons (Fsp3) is 0.400. The monoisotopic (exact) mass is 328 g/mol. The predicted molar refractivity (Wildman–Crippen MR) is 97.5 cm³/mol. The van der Waals surface area contributed by atoms with Gasteiger partial charge in [-0.25, -0.2) is 0 Å². The molecule has 1 heterocycles. The van der Waals surface area contributed by atoms with E-state index in [2.05, 4.69) is 41.3 Å². The highest BCUT2D eigenvalue weighted by molar-refractivity contribution is 6.30. The molecule has 122 valence electrons. The van der Waals surface area contributed by atoms with Crippen LogP contribution in [0, 0.1) is 5.92 Å². The van der Waals surface area contributed by atoms with Gasteiger partial charge in [0, 0.05) is 18.1 Å². The van der Waals surface area contributed by atoms with E-state index >= 15 is 0 Å². The molecule has 0 radical (unpaired) electrons. The quantitative estimate of drug-likeness (QED) is 0.888. The minimum Gasteiger partial charge on any atom is -0.326 e. The van der Waals surface area contributed by atoms with E-state index in [1.807, 2.05) is 12.1 Å². The van der Waals surface area contributed by atoms with Crippen molar-refractivity contribution in [3.05, 3.63) is 70.2 Å². The smallest absolute Gasteiger partial charge is 0.0406 e. The first kappa shape index (κ1) is 16.5. The molecular formula is C20H25ClN2. The Morgan fingerprint density at radius 3 is 2.04 bits per heavy atom. The zero-order valence-electron chi connectivity index (χ0n) is 13.5. The molecule has 2 aromatic rings. The first-order valence-electron chi connectivity index (χ1n) is 8.47. The molecule has 1 saturated heterocycles. The van der Waals surface area contributed by atoms with Gasteiger partial charge >= 0.3 is 0 Å². The van der Waals surface area contributed by atoms with Crippen LogP contribution in [0.1, 0.15) is 29.5 Å². The topological polar surface area (TPSA) is 29.3 Å². The van der Waals surface area contributed by atoms with Gasteiger partial charge in [0.25, 0.3) is 0 Å².